The summed E-state index contributed by atoms with van der Waals surface area (Å²) in [6.45, 7) is 4.53. The van der Waals surface area contributed by atoms with Gasteiger partial charge >= 0.3 is 5.97 Å². The van der Waals surface area contributed by atoms with Crippen LogP contribution in [0.5, 0.6) is 0 Å². The van der Waals surface area contributed by atoms with E-state index in [9.17, 15) is 4.79 Å². The van der Waals surface area contributed by atoms with Gasteiger partial charge in [0.05, 0.1) is 12.1 Å². The van der Waals surface area contributed by atoms with Gasteiger partial charge in [-0.25, -0.2) is 4.98 Å². The normalized spacial score (nSPS) is 12.4. The molecule has 0 amide bonds. The Hall–Kier alpha value is -0.550. The molecule has 0 saturated carbocycles. The summed E-state index contributed by atoms with van der Waals surface area (Å²) < 4.78 is 1.03. The van der Waals surface area contributed by atoms with Crippen LogP contribution in [0, 0.1) is 5.92 Å². The summed E-state index contributed by atoms with van der Waals surface area (Å²) >= 11 is 3.42. The Bertz CT molecular complexity index is 476. The smallest absolute Gasteiger partial charge is 0.309 e. The first-order chi connectivity index (χ1) is 12.7. The number of aromatic nitrogens is 1. The summed E-state index contributed by atoms with van der Waals surface area (Å²) in [5, 5.41) is 10.8. The summed E-state index contributed by atoms with van der Waals surface area (Å²) in [5.74, 6) is 1.10. The number of aliphatic carboxylic acids is 1. The standard InChI is InChI=1S/C21H37NO2S2/c1-3-5-7-9-10-12-14-18(13-11-8-6-4-2)16-25-21-22-19(17-26-21)15-20(23)24/h17-18H,3-16H2,1-2H3,(H,23,24). The molecular weight excluding hydrogens is 362 g/mol. The summed E-state index contributed by atoms with van der Waals surface area (Å²) in [7, 11) is 0. The minimum absolute atomic E-state index is 0.0370. The molecule has 1 N–H and O–H groups in total. The highest BCUT2D eigenvalue weighted by atomic mass is 32.2. The molecule has 0 aliphatic rings. The molecule has 26 heavy (non-hydrogen) atoms. The molecule has 0 fully saturated rings. The third-order valence-corrected chi connectivity index (χ3v) is 7.04. The van der Waals surface area contributed by atoms with E-state index < -0.39 is 5.97 Å². The number of thioether (sulfide) groups is 1. The number of carbonyl (C=O) groups is 1. The van der Waals surface area contributed by atoms with E-state index in [0.29, 0.717) is 5.69 Å². The number of rotatable bonds is 17. The van der Waals surface area contributed by atoms with E-state index in [4.69, 9.17) is 5.11 Å². The monoisotopic (exact) mass is 399 g/mol. The Morgan fingerprint density at radius 2 is 1.62 bits per heavy atom. The minimum Gasteiger partial charge on any atom is -0.481 e. The van der Waals surface area contributed by atoms with E-state index in [1.54, 1.807) is 11.3 Å². The number of unbranched alkanes of at least 4 members (excludes halogenated alkanes) is 8. The lowest BCUT2D eigenvalue weighted by Crippen LogP contribution is -2.05. The Labute approximate surface area is 168 Å². The van der Waals surface area contributed by atoms with Crippen molar-refractivity contribution in [3.05, 3.63) is 11.1 Å². The van der Waals surface area contributed by atoms with Gasteiger partial charge in [-0.2, -0.15) is 0 Å². The predicted molar refractivity (Wildman–Crippen MR) is 114 cm³/mol. The van der Waals surface area contributed by atoms with Crippen molar-refractivity contribution in [2.75, 3.05) is 5.75 Å². The molecule has 0 saturated heterocycles. The van der Waals surface area contributed by atoms with Crippen LogP contribution in [0.1, 0.15) is 96.6 Å². The summed E-state index contributed by atoms with van der Waals surface area (Å²) in [5.41, 5.74) is 0.695. The molecule has 0 spiro atoms. The highest BCUT2D eigenvalue weighted by Gasteiger charge is 2.12. The fourth-order valence-electron chi connectivity index (χ4n) is 3.16. The lowest BCUT2D eigenvalue weighted by atomic mass is 9.96. The van der Waals surface area contributed by atoms with E-state index in [-0.39, 0.29) is 6.42 Å². The second kappa shape index (κ2) is 15.5. The van der Waals surface area contributed by atoms with Gasteiger partial charge in [-0.05, 0) is 18.8 Å². The fourth-order valence-corrected chi connectivity index (χ4v) is 5.22. The Morgan fingerprint density at radius 3 is 2.23 bits per heavy atom. The van der Waals surface area contributed by atoms with Crippen molar-refractivity contribution in [2.45, 2.75) is 102 Å². The van der Waals surface area contributed by atoms with Crippen LogP contribution in [0.4, 0.5) is 0 Å². The van der Waals surface area contributed by atoms with Crippen LogP contribution >= 0.6 is 23.1 Å². The Balaban J connectivity index is 2.34. The van der Waals surface area contributed by atoms with Gasteiger partial charge in [-0.3, -0.25) is 4.79 Å². The van der Waals surface area contributed by atoms with Gasteiger partial charge in [0.1, 0.15) is 4.34 Å². The van der Waals surface area contributed by atoms with Crippen molar-refractivity contribution in [2.24, 2.45) is 5.92 Å². The topological polar surface area (TPSA) is 50.2 Å². The quantitative estimate of drug-likeness (QED) is 0.222. The van der Waals surface area contributed by atoms with Gasteiger partial charge in [0, 0.05) is 11.1 Å². The molecule has 0 aliphatic carbocycles. The van der Waals surface area contributed by atoms with Crippen LogP contribution < -0.4 is 0 Å². The molecule has 0 radical (unpaired) electrons. The molecule has 1 rings (SSSR count). The summed E-state index contributed by atoms with van der Waals surface area (Å²) in [4.78, 5) is 15.2. The number of nitrogens with zero attached hydrogens (tertiary/aromatic N) is 1. The molecule has 150 valence electrons. The number of thiazole rings is 1. The number of carboxylic acid groups (broad SMARTS) is 1. The van der Waals surface area contributed by atoms with E-state index in [1.807, 2.05) is 17.1 Å². The van der Waals surface area contributed by atoms with Crippen molar-refractivity contribution < 1.29 is 9.90 Å². The lowest BCUT2D eigenvalue weighted by Gasteiger charge is -2.16. The first-order valence-electron chi connectivity index (χ1n) is 10.4. The molecule has 3 nitrogen and oxygen atoms in total. The van der Waals surface area contributed by atoms with Gasteiger partial charge in [-0.1, -0.05) is 89.8 Å². The molecular formula is C21H37NO2S2. The average molecular weight is 400 g/mol. The number of hydrogen-bond acceptors (Lipinski definition) is 4. The SMILES string of the molecule is CCCCCCCCC(CCCCCC)CSc1nc(CC(=O)O)cs1. The summed E-state index contributed by atoms with van der Waals surface area (Å²) in [6, 6.07) is 0. The Morgan fingerprint density at radius 1 is 1.04 bits per heavy atom. The zero-order valence-corrected chi connectivity index (χ0v) is 18.3. The van der Waals surface area contributed by atoms with Crippen molar-refractivity contribution in [3.63, 3.8) is 0 Å². The van der Waals surface area contributed by atoms with Crippen LogP contribution in [0.25, 0.3) is 0 Å². The summed E-state index contributed by atoms with van der Waals surface area (Å²) in [6.07, 6.45) is 16.2. The zero-order valence-electron chi connectivity index (χ0n) is 16.7. The maximum Gasteiger partial charge on any atom is 0.309 e. The average Bonchev–Trinajstić information content (AvgIpc) is 3.05. The molecule has 1 unspecified atom stereocenters. The van der Waals surface area contributed by atoms with Gasteiger partial charge < -0.3 is 5.11 Å². The van der Waals surface area contributed by atoms with E-state index in [1.165, 1.54) is 77.0 Å². The number of carboxylic acids is 1. The second-order valence-electron chi connectivity index (χ2n) is 7.26. The molecule has 0 aliphatic heterocycles. The van der Waals surface area contributed by atoms with Gasteiger partial charge in [0.2, 0.25) is 0 Å². The fraction of sp³-hybridized carbons (Fsp3) is 0.810. The van der Waals surface area contributed by atoms with Crippen LogP contribution in [-0.4, -0.2) is 21.8 Å². The van der Waals surface area contributed by atoms with Crippen molar-refractivity contribution >= 4 is 29.1 Å². The molecule has 1 aromatic heterocycles. The second-order valence-corrected chi connectivity index (χ2v) is 9.38. The number of hydrogen-bond donors (Lipinski definition) is 1. The van der Waals surface area contributed by atoms with Gasteiger partial charge in [0.25, 0.3) is 0 Å². The first kappa shape index (κ1) is 23.5. The minimum atomic E-state index is -0.802. The van der Waals surface area contributed by atoms with Crippen LogP contribution in [0.3, 0.4) is 0 Å². The molecule has 0 aromatic carbocycles. The lowest BCUT2D eigenvalue weighted by molar-refractivity contribution is -0.136. The Kier molecular flexibility index (Phi) is 14.0. The molecule has 0 bridgehead atoms. The first-order valence-corrected chi connectivity index (χ1v) is 12.3. The van der Waals surface area contributed by atoms with Crippen molar-refractivity contribution in [3.8, 4) is 0 Å². The molecule has 1 atom stereocenters. The maximum absolute atomic E-state index is 10.8. The van der Waals surface area contributed by atoms with Crippen molar-refractivity contribution in [1.29, 1.82) is 0 Å². The third kappa shape index (κ3) is 11.9. The third-order valence-electron chi connectivity index (χ3n) is 4.74. The maximum atomic E-state index is 10.8. The highest BCUT2D eigenvalue weighted by molar-refractivity contribution is 8.01. The van der Waals surface area contributed by atoms with Crippen LogP contribution in [0.2, 0.25) is 0 Å². The largest absolute Gasteiger partial charge is 0.481 e. The van der Waals surface area contributed by atoms with Crippen LogP contribution in [-0.2, 0) is 11.2 Å². The van der Waals surface area contributed by atoms with Gasteiger partial charge in [-0.15, -0.1) is 11.3 Å². The molecule has 1 aromatic rings. The van der Waals surface area contributed by atoms with Gasteiger partial charge in [0.15, 0.2) is 0 Å². The zero-order chi connectivity index (χ0) is 19.0. The van der Waals surface area contributed by atoms with E-state index in [2.05, 4.69) is 18.8 Å². The highest BCUT2D eigenvalue weighted by Crippen LogP contribution is 2.29. The molecule has 1 heterocycles. The van der Waals surface area contributed by atoms with Crippen molar-refractivity contribution in [1.82, 2.24) is 4.98 Å². The molecule has 5 heteroatoms. The van der Waals surface area contributed by atoms with E-state index >= 15 is 0 Å². The van der Waals surface area contributed by atoms with Crippen LogP contribution in [0.15, 0.2) is 9.72 Å². The predicted octanol–water partition coefficient (Wildman–Crippen LogP) is 7.20. The van der Waals surface area contributed by atoms with E-state index in [0.717, 1.165) is 16.0 Å².